The highest BCUT2D eigenvalue weighted by Gasteiger charge is 2.26. The van der Waals surface area contributed by atoms with E-state index in [9.17, 15) is 14.3 Å². The number of pyridine rings is 2. The summed E-state index contributed by atoms with van der Waals surface area (Å²) in [5, 5.41) is 15.8. The molecule has 10 heteroatoms. The highest BCUT2D eigenvalue weighted by atomic mass is 35.5. The minimum absolute atomic E-state index is 0.135. The lowest BCUT2D eigenvalue weighted by Gasteiger charge is -2.18. The van der Waals surface area contributed by atoms with Crippen molar-refractivity contribution in [3.63, 3.8) is 0 Å². The summed E-state index contributed by atoms with van der Waals surface area (Å²) in [4.78, 5) is 21.5. The average Bonchev–Trinajstić information content (AvgIpc) is 3.61. The van der Waals surface area contributed by atoms with E-state index in [2.05, 4.69) is 20.6 Å². The molecule has 178 valence electrons. The van der Waals surface area contributed by atoms with Crippen LogP contribution in [0.4, 0.5) is 4.39 Å². The first-order valence-corrected chi connectivity index (χ1v) is 11.9. The Bertz CT molecular complexity index is 1030. The summed E-state index contributed by atoms with van der Waals surface area (Å²) in [6.45, 7) is 4.74. The largest absolute Gasteiger partial charge is 0.473 e. The van der Waals surface area contributed by atoms with Gasteiger partial charge in [0.1, 0.15) is 23.2 Å². The first kappa shape index (κ1) is 25.5. The summed E-state index contributed by atoms with van der Waals surface area (Å²) in [5.74, 6) is -1.38. The number of rotatable bonds is 11. The molecule has 0 aromatic carbocycles. The second-order valence-electron chi connectivity index (χ2n) is 7.84. The summed E-state index contributed by atoms with van der Waals surface area (Å²) < 4.78 is 18.5. The summed E-state index contributed by atoms with van der Waals surface area (Å²) in [6.07, 6.45) is 4.48. The molecule has 1 fully saturated rings. The lowest BCUT2D eigenvalue weighted by molar-refractivity contribution is 0.0918. The molecule has 0 radical (unpaired) electrons. The van der Waals surface area contributed by atoms with Crippen LogP contribution in [-0.4, -0.2) is 52.7 Å². The van der Waals surface area contributed by atoms with Gasteiger partial charge in [-0.2, -0.15) is 0 Å². The number of hydrogen-bond donors (Lipinski definition) is 3. The Kier molecular flexibility index (Phi) is 9.15. The number of nitrogens with zero attached hydrogens (tertiary/aromatic N) is 2. The Morgan fingerprint density at radius 2 is 2.15 bits per heavy atom. The normalized spacial score (nSPS) is 14.5. The molecular formula is C23H29ClFN4O3P. The topological polar surface area (TPSA) is 96.4 Å². The van der Waals surface area contributed by atoms with Gasteiger partial charge in [-0.15, -0.1) is 0 Å². The van der Waals surface area contributed by atoms with Gasteiger partial charge in [0.25, 0.3) is 5.91 Å². The van der Waals surface area contributed by atoms with Gasteiger partial charge in [-0.1, -0.05) is 33.3 Å². The predicted molar refractivity (Wildman–Crippen MR) is 130 cm³/mol. The first-order valence-electron chi connectivity index (χ1n) is 10.9. The molecule has 0 spiro atoms. The second kappa shape index (κ2) is 11.8. The molecule has 3 unspecified atom stereocenters. The Hall–Kier alpha value is -2.12. The maximum absolute atomic E-state index is 13.1. The fourth-order valence-corrected chi connectivity index (χ4v) is 3.68. The van der Waals surface area contributed by atoms with E-state index < -0.39 is 12.0 Å². The third kappa shape index (κ3) is 6.93. The quantitative estimate of drug-likeness (QED) is 0.414. The van der Waals surface area contributed by atoms with Crippen LogP contribution in [0.2, 0.25) is 5.02 Å². The molecule has 1 aliphatic carbocycles. The SMILES string of the molecule is CCNCc1c(C(=C2CC2)c2cnc(OCC(F)P)c(Cl)c2)ccnc1C(=O)NCC(C)O. The van der Waals surface area contributed by atoms with Crippen molar-refractivity contribution >= 4 is 32.3 Å². The van der Waals surface area contributed by atoms with E-state index in [0.29, 0.717) is 12.2 Å². The monoisotopic (exact) mass is 494 g/mol. The number of carbonyl (C=O) groups excluding carboxylic acids is 1. The number of nitrogens with one attached hydrogen (secondary N) is 2. The Balaban J connectivity index is 2.02. The van der Waals surface area contributed by atoms with Gasteiger partial charge >= 0.3 is 0 Å². The van der Waals surface area contributed by atoms with Crippen LogP contribution < -0.4 is 15.4 Å². The van der Waals surface area contributed by atoms with Gasteiger partial charge in [0.2, 0.25) is 5.88 Å². The number of halogens is 2. The molecule has 2 aromatic rings. The number of aliphatic hydroxyl groups is 1. The van der Waals surface area contributed by atoms with Crippen molar-refractivity contribution in [1.82, 2.24) is 20.6 Å². The lowest BCUT2D eigenvalue weighted by atomic mass is 9.93. The molecule has 1 amide bonds. The summed E-state index contributed by atoms with van der Waals surface area (Å²) in [7, 11) is 2.02. The van der Waals surface area contributed by atoms with Gasteiger partial charge in [0, 0.05) is 36.6 Å². The van der Waals surface area contributed by atoms with Crippen LogP contribution in [0.25, 0.3) is 5.57 Å². The number of aliphatic hydroxyl groups excluding tert-OH is 1. The zero-order valence-electron chi connectivity index (χ0n) is 18.7. The highest BCUT2D eigenvalue weighted by molar-refractivity contribution is 7.17. The summed E-state index contributed by atoms with van der Waals surface area (Å²) in [5.41, 5.74) is 4.93. The molecule has 0 aliphatic heterocycles. The zero-order valence-corrected chi connectivity index (χ0v) is 20.6. The molecule has 1 saturated carbocycles. The number of aromatic nitrogens is 2. The van der Waals surface area contributed by atoms with E-state index in [1.807, 2.05) is 22.2 Å². The van der Waals surface area contributed by atoms with Crippen molar-refractivity contribution in [3.8, 4) is 5.88 Å². The van der Waals surface area contributed by atoms with Crippen molar-refractivity contribution in [2.75, 3.05) is 19.7 Å². The van der Waals surface area contributed by atoms with Crippen molar-refractivity contribution in [2.45, 2.75) is 45.3 Å². The lowest BCUT2D eigenvalue weighted by Crippen LogP contribution is -2.32. The number of amides is 1. The van der Waals surface area contributed by atoms with Crippen molar-refractivity contribution in [3.05, 3.63) is 57.5 Å². The molecule has 0 bridgehead atoms. The molecule has 3 N–H and O–H groups in total. The van der Waals surface area contributed by atoms with Gasteiger partial charge in [0.15, 0.2) is 0 Å². The van der Waals surface area contributed by atoms with Gasteiger partial charge in [0.05, 0.1) is 6.10 Å². The summed E-state index contributed by atoms with van der Waals surface area (Å²) >= 11 is 6.39. The van der Waals surface area contributed by atoms with E-state index in [1.54, 1.807) is 25.4 Å². The Labute approximate surface area is 200 Å². The van der Waals surface area contributed by atoms with Gasteiger partial charge in [-0.05, 0) is 49.6 Å². The molecule has 33 heavy (non-hydrogen) atoms. The molecular weight excluding hydrogens is 466 g/mol. The van der Waals surface area contributed by atoms with Crippen molar-refractivity contribution in [1.29, 1.82) is 0 Å². The molecule has 7 nitrogen and oxygen atoms in total. The smallest absolute Gasteiger partial charge is 0.270 e. The summed E-state index contributed by atoms with van der Waals surface area (Å²) in [6, 6.07) is 3.64. The minimum Gasteiger partial charge on any atom is -0.473 e. The van der Waals surface area contributed by atoms with Crippen LogP contribution >= 0.6 is 20.8 Å². The fourth-order valence-electron chi connectivity index (χ4n) is 3.36. The van der Waals surface area contributed by atoms with Gasteiger partial charge in [-0.3, -0.25) is 9.78 Å². The molecule has 3 rings (SSSR count). The molecule has 3 atom stereocenters. The van der Waals surface area contributed by atoms with Crippen LogP contribution in [0.3, 0.4) is 0 Å². The molecule has 2 heterocycles. The molecule has 2 aromatic heterocycles. The average molecular weight is 495 g/mol. The van der Waals surface area contributed by atoms with E-state index in [0.717, 1.165) is 41.6 Å². The number of hydrogen-bond acceptors (Lipinski definition) is 6. The third-order valence-corrected chi connectivity index (χ3v) is 5.44. The van der Waals surface area contributed by atoms with Gasteiger partial charge in [-0.25, -0.2) is 9.37 Å². The first-order chi connectivity index (χ1) is 15.8. The Morgan fingerprint density at radius 3 is 2.76 bits per heavy atom. The van der Waals surface area contributed by atoms with Crippen LogP contribution in [-0.2, 0) is 6.54 Å². The molecule has 0 saturated heterocycles. The second-order valence-corrected chi connectivity index (χ2v) is 8.97. The van der Waals surface area contributed by atoms with Crippen LogP contribution in [0, 0.1) is 0 Å². The number of allylic oxidation sites excluding steroid dienone is 1. The van der Waals surface area contributed by atoms with E-state index in [4.69, 9.17) is 16.3 Å². The standard InChI is InChI=1S/C23H29ClFN4O3P/c1-3-26-11-17-16(6-7-27-21(17)22(31)28-9-13(2)30)20(14-4-5-14)15-8-18(24)23(29-10-15)32-12-19(25)33/h6-8,10,13,19,26,30H,3-5,9,11-12,33H2,1-2H3,(H,28,31). The Morgan fingerprint density at radius 1 is 1.39 bits per heavy atom. The number of ether oxygens (including phenoxy) is 1. The van der Waals surface area contributed by atoms with E-state index in [1.165, 1.54) is 5.57 Å². The maximum Gasteiger partial charge on any atom is 0.270 e. The van der Waals surface area contributed by atoms with Gasteiger partial charge < -0.3 is 20.5 Å². The highest BCUT2D eigenvalue weighted by Crippen LogP contribution is 2.42. The van der Waals surface area contributed by atoms with Crippen molar-refractivity contribution < 1.29 is 19.0 Å². The third-order valence-electron chi connectivity index (χ3n) is 4.98. The predicted octanol–water partition coefficient (Wildman–Crippen LogP) is 3.50. The zero-order chi connectivity index (χ0) is 24.0. The number of alkyl halides is 1. The number of carbonyl (C=O) groups is 1. The molecule has 1 aliphatic rings. The van der Waals surface area contributed by atoms with E-state index in [-0.39, 0.29) is 30.0 Å². The van der Waals surface area contributed by atoms with Crippen LogP contribution in [0.15, 0.2) is 30.1 Å². The van der Waals surface area contributed by atoms with Crippen LogP contribution in [0.5, 0.6) is 5.88 Å². The minimum atomic E-state index is -1.21. The maximum atomic E-state index is 13.1. The fraction of sp³-hybridized carbons (Fsp3) is 0.435. The van der Waals surface area contributed by atoms with Crippen LogP contribution in [0.1, 0.15) is 53.9 Å². The van der Waals surface area contributed by atoms with E-state index >= 15 is 0 Å². The van der Waals surface area contributed by atoms with Crippen molar-refractivity contribution in [2.24, 2.45) is 0 Å².